The molecule has 3 heteroatoms. The lowest BCUT2D eigenvalue weighted by Gasteiger charge is -2.18. The highest BCUT2D eigenvalue weighted by Gasteiger charge is 2.22. The SMILES string of the molecule is CCCCCCCCCCCCCCCCc1ccc2c(c1)C(=O)/C(=C\C(=O)O)CC2. The highest BCUT2D eigenvalue weighted by molar-refractivity contribution is 6.12. The maximum Gasteiger partial charge on any atom is 0.328 e. The summed E-state index contributed by atoms with van der Waals surface area (Å²) in [4.78, 5) is 23.5. The van der Waals surface area contributed by atoms with E-state index in [1.54, 1.807) is 0 Å². The molecule has 0 atom stereocenters. The summed E-state index contributed by atoms with van der Waals surface area (Å²) in [6.45, 7) is 2.27. The molecule has 1 N–H and O–H groups in total. The first kappa shape index (κ1) is 25.4. The van der Waals surface area contributed by atoms with Gasteiger partial charge in [-0.1, -0.05) is 103 Å². The maximum absolute atomic E-state index is 12.6. The van der Waals surface area contributed by atoms with Crippen LogP contribution in [0.2, 0.25) is 0 Å². The number of carbonyl (C=O) groups is 2. The average Bonchev–Trinajstić information content (AvgIpc) is 2.76. The van der Waals surface area contributed by atoms with Gasteiger partial charge in [0.1, 0.15) is 0 Å². The zero-order valence-electron chi connectivity index (χ0n) is 19.6. The van der Waals surface area contributed by atoms with Gasteiger partial charge in [-0.05, 0) is 42.9 Å². The number of carbonyl (C=O) groups excluding carboxylic acids is 1. The van der Waals surface area contributed by atoms with E-state index < -0.39 is 5.97 Å². The van der Waals surface area contributed by atoms with Crippen molar-refractivity contribution in [2.75, 3.05) is 0 Å². The molecule has 0 aliphatic heterocycles. The van der Waals surface area contributed by atoms with Crippen molar-refractivity contribution in [3.63, 3.8) is 0 Å². The number of carboxylic acid groups (broad SMARTS) is 1. The summed E-state index contributed by atoms with van der Waals surface area (Å²) in [7, 11) is 0. The fraction of sp³-hybridized carbons (Fsp3) is 0.643. The first-order valence-electron chi connectivity index (χ1n) is 12.7. The lowest BCUT2D eigenvalue weighted by molar-refractivity contribution is -0.131. The van der Waals surface area contributed by atoms with Crippen molar-refractivity contribution in [3.05, 3.63) is 46.5 Å². The fourth-order valence-corrected chi connectivity index (χ4v) is 4.57. The predicted molar refractivity (Wildman–Crippen MR) is 129 cm³/mol. The highest BCUT2D eigenvalue weighted by atomic mass is 16.4. The van der Waals surface area contributed by atoms with Gasteiger partial charge in [0.2, 0.25) is 0 Å². The molecule has 3 nitrogen and oxygen atoms in total. The summed E-state index contributed by atoms with van der Waals surface area (Å²) in [6, 6.07) is 6.19. The molecule has 0 unspecified atom stereocenters. The third kappa shape index (κ3) is 9.84. The van der Waals surface area contributed by atoms with Gasteiger partial charge in [0, 0.05) is 17.2 Å². The summed E-state index contributed by atoms with van der Waals surface area (Å²) in [5.41, 5.74) is 3.38. The molecule has 1 aromatic rings. The van der Waals surface area contributed by atoms with Crippen molar-refractivity contribution in [3.8, 4) is 0 Å². The number of allylic oxidation sites excluding steroid dienone is 1. The zero-order valence-corrected chi connectivity index (χ0v) is 19.6. The van der Waals surface area contributed by atoms with Gasteiger partial charge < -0.3 is 5.11 Å². The van der Waals surface area contributed by atoms with Crippen LogP contribution in [0.1, 0.15) is 125 Å². The molecule has 0 heterocycles. The molecule has 0 radical (unpaired) electrons. The molecule has 0 aromatic heterocycles. The monoisotopic (exact) mass is 426 g/mol. The van der Waals surface area contributed by atoms with E-state index in [0.29, 0.717) is 17.6 Å². The third-order valence-electron chi connectivity index (χ3n) is 6.49. The molecule has 0 spiro atoms. The van der Waals surface area contributed by atoms with E-state index in [9.17, 15) is 9.59 Å². The van der Waals surface area contributed by atoms with Crippen LogP contribution in [0, 0.1) is 0 Å². The number of unbranched alkanes of at least 4 members (excludes halogenated alkanes) is 13. The third-order valence-corrected chi connectivity index (χ3v) is 6.49. The van der Waals surface area contributed by atoms with Gasteiger partial charge in [0.15, 0.2) is 5.78 Å². The second-order valence-corrected chi connectivity index (χ2v) is 9.17. The van der Waals surface area contributed by atoms with Crippen LogP contribution in [0.4, 0.5) is 0 Å². The van der Waals surface area contributed by atoms with Crippen molar-refractivity contribution < 1.29 is 14.7 Å². The number of carboxylic acids is 1. The second kappa shape index (κ2) is 15.0. The molecule has 0 saturated carbocycles. The summed E-state index contributed by atoms with van der Waals surface area (Å²) in [5.74, 6) is -1.14. The van der Waals surface area contributed by atoms with Crippen LogP contribution in [0.25, 0.3) is 0 Å². The number of aryl methyl sites for hydroxylation is 2. The second-order valence-electron chi connectivity index (χ2n) is 9.17. The molecule has 1 aliphatic rings. The standard InChI is InChI=1S/C28H42O3/c1-2-3-4-5-6-7-8-9-10-11-12-13-14-15-16-23-17-18-24-19-20-25(22-27(29)30)28(31)26(24)21-23/h17-18,21-22H,2-16,19-20H2,1H3,(H,29,30)/b25-22-. The lowest BCUT2D eigenvalue weighted by Crippen LogP contribution is -2.15. The van der Waals surface area contributed by atoms with Gasteiger partial charge in [-0.15, -0.1) is 0 Å². The van der Waals surface area contributed by atoms with E-state index in [1.807, 2.05) is 6.07 Å². The quantitative estimate of drug-likeness (QED) is 0.216. The van der Waals surface area contributed by atoms with Crippen molar-refractivity contribution in [1.82, 2.24) is 0 Å². The van der Waals surface area contributed by atoms with Gasteiger partial charge in [-0.25, -0.2) is 4.79 Å². The normalized spacial score (nSPS) is 14.7. The topological polar surface area (TPSA) is 54.4 Å². The number of rotatable bonds is 16. The predicted octanol–water partition coefficient (Wildman–Crippen LogP) is 7.85. The largest absolute Gasteiger partial charge is 0.478 e. The van der Waals surface area contributed by atoms with E-state index in [2.05, 4.69) is 19.1 Å². The van der Waals surface area contributed by atoms with Crippen molar-refractivity contribution in [2.45, 2.75) is 116 Å². The fourth-order valence-electron chi connectivity index (χ4n) is 4.57. The Balaban J connectivity index is 1.55. The summed E-state index contributed by atoms with van der Waals surface area (Å²) >= 11 is 0. The number of ketones is 1. The maximum atomic E-state index is 12.6. The van der Waals surface area contributed by atoms with E-state index in [0.717, 1.165) is 30.9 Å². The molecule has 0 amide bonds. The Morgan fingerprint density at radius 1 is 0.839 bits per heavy atom. The van der Waals surface area contributed by atoms with E-state index in [1.165, 1.54) is 89.0 Å². The molecule has 0 bridgehead atoms. The van der Waals surface area contributed by atoms with E-state index in [-0.39, 0.29) is 5.78 Å². The Morgan fingerprint density at radius 2 is 1.39 bits per heavy atom. The molecular weight excluding hydrogens is 384 g/mol. The minimum absolute atomic E-state index is 0.105. The van der Waals surface area contributed by atoms with E-state index >= 15 is 0 Å². The molecule has 172 valence electrons. The number of hydrogen-bond donors (Lipinski definition) is 1. The first-order valence-corrected chi connectivity index (χ1v) is 12.7. The Morgan fingerprint density at radius 3 is 1.94 bits per heavy atom. The average molecular weight is 427 g/mol. The van der Waals surface area contributed by atoms with Crippen LogP contribution in [-0.2, 0) is 17.6 Å². The number of aliphatic carboxylic acids is 1. The lowest BCUT2D eigenvalue weighted by atomic mass is 9.85. The highest BCUT2D eigenvalue weighted by Crippen LogP contribution is 2.26. The number of hydrogen-bond acceptors (Lipinski definition) is 2. The van der Waals surface area contributed by atoms with Gasteiger partial charge >= 0.3 is 5.97 Å². The molecule has 0 fully saturated rings. The Hall–Kier alpha value is -1.90. The molecule has 1 aliphatic carbocycles. The Bertz CT molecular complexity index is 717. The van der Waals surface area contributed by atoms with Crippen LogP contribution < -0.4 is 0 Å². The van der Waals surface area contributed by atoms with Gasteiger partial charge in [-0.2, -0.15) is 0 Å². The van der Waals surface area contributed by atoms with Gasteiger partial charge in [-0.3, -0.25) is 4.79 Å². The summed E-state index contributed by atoms with van der Waals surface area (Å²) in [6.07, 6.45) is 22.3. The van der Waals surface area contributed by atoms with Crippen molar-refractivity contribution >= 4 is 11.8 Å². The van der Waals surface area contributed by atoms with Crippen LogP contribution in [0.15, 0.2) is 29.8 Å². The van der Waals surface area contributed by atoms with Crippen LogP contribution in [0.5, 0.6) is 0 Å². The van der Waals surface area contributed by atoms with Crippen LogP contribution in [-0.4, -0.2) is 16.9 Å². The minimum atomic E-state index is -1.04. The van der Waals surface area contributed by atoms with Crippen molar-refractivity contribution in [1.29, 1.82) is 0 Å². The summed E-state index contributed by atoms with van der Waals surface area (Å²) in [5, 5.41) is 8.95. The molecule has 2 rings (SSSR count). The van der Waals surface area contributed by atoms with Crippen LogP contribution in [0.3, 0.4) is 0 Å². The van der Waals surface area contributed by atoms with E-state index in [4.69, 9.17) is 5.11 Å². The Labute approximate surface area is 189 Å². The molecule has 0 saturated heterocycles. The number of benzene rings is 1. The number of Topliss-reactive ketones (excluding diaryl/α,β-unsaturated/α-hetero) is 1. The van der Waals surface area contributed by atoms with Gasteiger partial charge in [0.25, 0.3) is 0 Å². The molecule has 31 heavy (non-hydrogen) atoms. The zero-order chi connectivity index (χ0) is 22.3. The van der Waals surface area contributed by atoms with Crippen LogP contribution >= 0.6 is 0 Å². The summed E-state index contributed by atoms with van der Waals surface area (Å²) < 4.78 is 0. The van der Waals surface area contributed by atoms with Crippen molar-refractivity contribution in [2.24, 2.45) is 0 Å². The molecular formula is C28H42O3. The smallest absolute Gasteiger partial charge is 0.328 e. The Kier molecular flexibility index (Phi) is 12.3. The van der Waals surface area contributed by atoms with Gasteiger partial charge in [0.05, 0.1) is 0 Å². The number of fused-ring (bicyclic) bond motifs is 1. The molecule has 1 aromatic carbocycles. The first-order chi connectivity index (χ1) is 15.1. The minimum Gasteiger partial charge on any atom is -0.478 e.